The van der Waals surface area contributed by atoms with Gasteiger partial charge in [-0.25, -0.2) is 4.79 Å². The summed E-state index contributed by atoms with van der Waals surface area (Å²) < 4.78 is 0. The predicted octanol–water partition coefficient (Wildman–Crippen LogP) is -0.101. The fourth-order valence-electron chi connectivity index (χ4n) is 5.31. The lowest BCUT2D eigenvalue weighted by atomic mass is 10.0. The predicted molar refractivity (Wildman–Crippen MR) is 184 cm³/mol. The van der Waals surface area contributed by atoms with E-state index in [1.165, 1.54) is 12.1 Å². The second-order valence-electron chi connectivity index (χ2n) is 11.9. The number of nitrogens with one attached hydrogen (secondary N) is 5. The number of amides is 4. The fourth-order valence-corrected chi connectivity index (χ4v) is 5.31. The van der Waals surface area contributed by atoms with Gasteiger partial charge in [-0.05, 0) is 87.4 Å². The van der Waals surface area contributed by atoms with Gasteiger partial charge in [-0.15, -0.1) is 0 Å². The van der Waals surface area contributed by atoms with Gasteiger partial charge in [0.05, 0.1) is 12.6 Å². The molecule has 0 radical (unpaired) electrons. The van der Waals surface area contributed by atoms with E-state index in [1.54, 1.807) is 18.3 Å². The molecule has 15 nitrogen and oxygen atoms in total. The molecule has 0 spiro atoms. The molecule has 13 N–H and O–H groups in total. The molecule has 4 amide bonds. The smallest absolute Gasteiger partial charge is 0.326 e. The second-order valence-corrected chi connectivity index (χ2v) is 11.9. The van der Waals surface area contributed by atoms with Crippen molar-refractivity contribution in [2.45, 2.75) is 75.5 Å². The van der Waals surface area contributed by atoms with Crippen molar-refractivity contribution in [3.8, 4) is 5.75 Å². The van der Waals surface area contributed by atoms with Gasteiger partial charge in [0, 0.05) is 23.5 Å². The number of phenols is 1. The summed E-state index contributed by atoms with van der Waals surface area (Å²) in [7, 11) is 0. The molecular formula is C34H48N8O7. The molecule has 0 aliphatic heterocycles. The van der Waals surface area contributed by atoms with E-state index in [4.69, 9.17) is 17.2 Å². The Morgan fingerprint density at radius 2 is 1.37 bits per heavy atom. The maximum absolute atomic E-state index is 13.7. The Bertz CT molecular complexity index is 1540. The Hall–Kier alpha value is -4.99. The van der Waals surface area contributed by atoms with E-state index >= 15 is 0 Å². The molecule has 2 aromatic carbocycles. The van der Waals surface area contributed by atoms with E-state index in [-0.39, 0.29) is 31.4 Å². The van der Waals surface area contributed by atoms with Crippen LogP contribution in [0.3, 0.4) is 0 Å². The monoisotopic (exact) mass is 680 g/mol. The molecular weight excluding hydrogens is 632 g/mol. The number of carboxylic acid groups (broad SMARTS) is 1. The van der Waals surface area contributed by atoms with Gasteiger partial charge in [0.1, 0.15) is 23.9 Å². The number of nitrogens with two attached hydrogens (primary N) is 3. The average Bonchev–Trinajstić information content (AvgIpc) is 3.49. The number of aromatic amines is 1. The lowest BCUT2D eigenvalue weighted by Crippen LogP contribution is -2.57. The average molecular weight is 681 g/mol. The van der Waals surface area contributed by atoms with Crippen LogP contribution in [0.2, 0.25) is 0 Å². The molecule has 0 aliphatic carbocycles. The summed E-state index contributed by atoms with van der Waals surface area (Å²) in [5.41, 5.74) is 19.8. The van der Waals surface area contributed by atoms with Crippen LogP contribution < -0.4 is 38.5 Å². The number of aromatic hydroxyl groups is 1. The molecule has 266 valence electrons. The van der Waals surface area contributed by atoms with Crippen molar-refractivity contribution in [1.82, 2.24) is 26.3 Å². The van der Waals surface area contributed by atoms with Gasteiger partial charge in [0.15, 0.2) is 0 Å². The lowest BCUT2D eigenvalue weighted by molar-refractivity contribution is -0.142. The van der Waals surface area contributed by atoms with E-state index in [9.17, 15) is 34.2 Å². The highest BCUT2D eigenvalue weighted by molar-refractivity contribution is 5.95. The SMILES string of the molecule is NCCCC[C@H](NC(=O)CNC(=O)[C@H](CCCCN)NC(=O)[C@H](Cc1ccc(O)cc1)NC(=O)[C@@H](N)Cc1c[nH]c2ccccc12)C(=O)O. The number of phenolic OH excluding ortho intramolecular Hbond substituents is 1. The number of rotatable bonds is 21. The highest BCUT2D eigenvalue weighted by Gasteiger charge is 2.29. The number of carboxylic acids is 1. The molecule has 0 aliphatic rings. The zero-order chi connectivity index (χ0) is 35.8. The van der Waals surface area contributed by atoms with Crippen LogP contribution in [-0.2, 0) is 36.8 Å². The Morgan fingerprint density at radius 3 is 2.02 bits per heavy atom. The number of benzene rings is 2. The highest BCUT2D eigenvalue weighted by atomic mass is 16.4. The quantitative estimate of drug-likeness (QED) is 0.0668. The molecule has 0 unspecified atom stereocenters. The first-order valence-electron chi connectivity index (χ1n) is 16.4. The van der Waals surface area contributed by atoms with Crippen LogP contribution in [0.25, 0.3) is 10.9 Å². The van der Waals surface area contributed by atoms with Crippen LogP contribution in [0.5, 0.6) is 5.75 Å². The number of carbonyl (C=O) groups is 5. The highest BCUT2D eigenvalue weighted by Crippen LogP contribution is 2.19. The molecule has 49 heavy (non-hydrogen) atoms. The number of aromatic nitrogens is 1. The minimum Gasteiger partial charge on any atom is -0.508 e. The zero-order valence-corrected chi connectivity index (χ0v) is 27.5. The van der Waals surface area contributed by atoms with Crippen LogP contribution in [0, 0.1) is 0 Å². The molecule has 0 saturated carbocycles. The summed E-state index contributed by atoms with van der Waals surface area (Å²) in [5, 5.41) is 30.4. The van der Waals surface area contributed by atoms with Gasteiger partial charge < -0.3 is 53.7 Å². The number of fused-ring (bicyclic) bond motifs is 1. The molecule has 4 atom stereocenters. The van der Waals surface area contributed by atoms with Crippen LogP contribution >= 0.6 is 0 Å². The van der Waals surface area contributed by atoms with E-state index in [2.05, 4.69) is 26.3 Å². The normalized spacial score (nSPS) is 13.5. The summed E-state index contributed by atoms with van der Waals surface area (Å²) in [6, 6.07) is 9.35. The number of carbonyl (C=O) groups excluding carboxylic acids is 4. The van der Waals surface area contributed by atoms with Crippen LogP contribution in [0.15, 0.2) is 54.7 Å². The third-order valence-electron chi connectivity index (χ3n) is 8.04. The van der Waals surface area contributed by atoms with Crippen LogP contribution in [0.1, 0.15) is 49.7 Å². The lowest BCUT2D eigenvalue weighted by Gasteiger charge is -2.24. The number of H-pyrrole nitrogens is 1. The molecule has 3 rings (SSSR count). The van der Waals surface area contributed by atoms with Crippen molar-refractivity contribution < 1.29 is 34.2 Å². The Morgan fingerprint density at radius 1 is 0.735 bits per heavy atom. The number of aliphatic carboxylic acids is 1. The second kappa shape index (κ2) is 19.7. The maximum Gasteiger partial charge on any atom is 0.326 e. The standard InChI is InChI=1S/C34H48N8O7/c35-15-5-3-9-27(32(46)39-20-30(44)40-28(34(48)49)10-4-6-16-36)41-33(47)29(17-21-11-13-23(43)14-12-21)42-31(45)25(37)18-22-19-38-26-8-2-1-7-24(22)26/h1-2,7-8,11-14,19,25,27-29,38,43H,3-6,9-10,15-18,20,35-37H2,(H,39,46)(H,40,44)(H,41,47)(H,42,45)(H,48,49)/t25-,27-,28-,29-/m0/s1. The number of hydrogen-bond donors (Lipinski definition) is 10. The molecule has 0 saturated heterocycles. The molecule has 15 heteroatoms. The van der Waals surface area contributed by atoms with Crippen molar-refractivity contribution in [3.63, 3.8) is 0 Å². The fraction of sp³-hybridized carbons (Fsp3) is 0.441. The first kappa shape index (κ1) is 38.5. The van der Waals surface area contributed by atoms with Gasteiger partial charge in [-0.2, -0.15) is 0 Å². The third-order valence-corrected chi connectivity index (χ3v) is 8.04. The minimum atomic E-state index is -1.20. The third kappa shape index (κ3) is 12.5. The number of para-hydroxylation sites is 1. The molecule has 0 fully saturated rings. The summed E-state index contributed by atoms with van der Waals surface area (Å²) in [6.07, 6.45) is 4.54. The van der Waals surface area contributed by atoms with Gasteiger partial charge in [-0.3, -0.25) is 19.2 Å². The Labute approximate surface area is 284 Å². The van der Waals surface area contributed by atoms with Crippen LogP contribution in [-0.4, -0.2) is 88.6 Å². The molecule has 0 bridgehead atoms. The van der Waals surface area contributed by atoms with Crippen molar-refractivity contribution in [2.24, 2.45) is 17.2 Å². The Kier molecular flexibility index (Phi) is 15.5. The zero-order valence-electron chi connectivity index (χ0n) is 27.5. The largest absolute Gasteiger partial charge is 0.508 e. The summed E-state index contributed by atoms with van der Waals surface area (Å²) in [4.78, 5) is 67.5. The number of unbranched alkanes of at least 4 members (excludes halogenated alkanes) is 2. The Balaban J connectivity index is 1.71. The minimum absolute atomic E-state index is 0.0257. The maximum atomic E-state index is 13.7. The first-order valence-corrected chi connectivity index (χ1v) is 16.4. The molecule has 1 heterocycles. The summed E-state index contributed by atoms with van der Waals surface area (Å²) in [5.74, 6) is -3.79. The molecule has 1 aromatic heterocycles. The van der Waals surface area contributed by atoms with E-state index in [0.29, 0.717) is 44.3 Å². The summed E-state index contributed by atoms with van der Waals surface area (Å²) in [6.45, 7) is 0.239. The van der Waals surface area contributed by atoms with E-state index in [1.807, 2.05) is 24.3 Å². The van der Waals surface area contributed by atoms with Gasteiger partial charge >= 0.3 is 5.97 Å². The topological polar surface area (TPSA) is 268 Å². The van der Waals surface area contributed by atoms with Gasteiger partial charge in [0.2, 0.25) is 23.6 Å². The summed E-state index contributed by atoms with van der Waals surface area (Å²) >= 11 is 0. The molecule has 3 aromatic rings. The van der Waals surface area contributed by atoms with Crippen molar-refractivity contribution in [2.75, 3.05) is 19.6 Å². The van der Waals surface area contributed by atoms with E-state index in [0.717, 1.165) is 16.5 Å². The first-order chi connectivity index (χ1) is 23.5. The number of hydrogen-bond acceptors (Lipinski definition) is 9. The van der Waals surface area contributed by atoms with Crippen LogP contribution in [0.4, 0.5) is 0 Å². The van der Waals surface area contributed by atoms with Gasteiger partial charge in [0.25, 0.3) is 0 Å². The van der Waals surface area contributed by atoms with Gasteiger partial charge in [-0.1, -0.05) is 30.3 Å². The van der Waals surface area contributed by atoms with Crippen molar-refractivity contribution in [3.05, 3.63) is 65.9 Å². The van der Waals surface area contributed by atoms with Crippen molar-refractivity contribution in [1.29, 1.82) is 0 Å². The van der Waals surface area contributed by atoms with Crippen molar-refractivity contribution >= 4 is 40.5 Å². The van der Waals surface area contributed by atoms with E-state index < -0.39 is 60.3 Å².